The highest BCUT2D eigenvalue weighted by Crippen LogP contribution is 2.37. The standard InChI is InChI=1S/C18H21ClN2O3/c1-12-14-11-13(19)3-4-15(14)24-16(12)17(22)21-9-10-23-18(21)5-7-20(2)8-6-18/h3-4,11H,5-10H2,1-2H3. The topological polar surface area (TPSA) is 45.9 Å². The fourth-order valence-electron chi connectivity index (χ4n) is 3.80. The molecule has 1 aromatic carbocycles. The molecule has 2 aliphatic heterocycles. The predicted molar refractivity (Wildman–Crippen MR) is 92.4 cm³/mol. The minimum Gasteiger partial charge on any atom is -0.451 e. The van der Waals surface area contributed by atoms with Gasteiger partial charge in [0.25, 0.3) is 5.91 Å². The number of furan rings is 1. The van der Waals surface area contributed by atoms with Gasteiger partial charge in [-0.25, -0.2) is 0 Å². The number of aryl methyl sites for hydroxylation is 1. The Kier molecular flexibility index (Phi) is 3.82. The number of carbonyl (C=O) groups excluding carboxylic acids is 1. The number of halogens is 1. The van der Waals surface area contributed by atoms with E-state index in [4.69, 9.17) is 20.8 Å². The van der Waals surface area contributed by atoms with Crippen LogP contribution in [0.4, 0.5) is 0 Å². The SMILES string of the molecule is Cc1c(C(=O)N2CCOC23CCN(C)CC3)oc2ccc(Cl)cc12. The number of carbonyl (C=O) groups is 1. The van der Waals surface area contributed by atoms with E-state index in [1.165, 1.54) is 0 Å². The second-order valence-electron chi connectivity index (χ2n) is 6.75. The summed E-state index contributed by atoms with van der Waals surface area (Å²) in [6.07, 6.45) is 1.67. The molecular weight excluding hydrogens is 328 g/mol. The van der Waals surface area contributed by atoms with Crippen LogP contribution in [0.15, 0.2) is 22.6 Å². The van der Waals surface area contributed by atoms with Crippen LogP contribution in [0, 0.1) is 6.92 Å². The summed E-state index contributed by atoms with van der Waals surface area (Å²) in [5.41, 5.74) is 1.05. The summed E-state index contributed by atoms with van der Waals surface area (Å²) in [5, 5.41) is 1.53. The zero-order chi connectivity index (χ0) is 16.9. The van der Waals surface area contributed by atoms with Gasteiger partial charge in [0.15, 0.2) is 5.76 Å². The van der Waals surface area contributed by atoms with Gasteiger partial charge in [-0.15, -0.1) is 0 Å². The lowest BCUT2D eigenvalue weighted by Crippen LogP contribution is -2.54. The molecule has 1 aromatic heterocycles. The second kappa shape index (κ2) is 5.76. The average Bonchev–Trinajstić information content (AvgIpc) is 3.12. The molecule has 0 N–H and O–H groups in total. The van der Waals surface area contributed by atoms with Crippen LogP contribution in [0.2, 0.25) is 5.02 Å². The summed E-state index contributed by atoms with van der Waals surface area (Å²) < 4.78 is 11.9. The summed E-state index contributed by atoms with van der Waals surface area (Å²) in [7, 11) is 2.10. The smallest absolute Gasteiger partial charge is 0.292 e. The van der Waals surface area contributed by atoms with Crippen molar-refractivity contribution < 1.29 is 13.9 Å². The molecular formula is C18H21ClN2O3. The minimum absolute atomic E-state index is 0.0816. The maximum Gasteiger partial charge on any atom is 0.292 e. The molecule has 6 heteroatoms. The second-order valence-corrected chi connectivity index (χ2v) is 7.19. The van der Waals surface area contributed by atoms with E-state index in [1.54, 1.807) is 6.07 Å². The first-order valence-corrected chi connectivity index (χ1v) is 8.71. The van der Waals surface area contributed by atoms with Crippen molar-refractivity contribution in [3.05, 3.63) is 34.5 Å². The van der Waals surface area contributed by atoms with E-state index in [0.717, 1.165) is 36.9 Å². The van der Waals surface area contributed by atoms with Crippen LogP contribution >= 0.6 is 11.6 Å². The summed E-state index contributed by atoms with van der Waals surface area (Å²) >= 11 is 6.08. The molecule has 0 unspecified atom stereocenters. The van der Waals surface area contributed by atoms with Crippen LogP contribution in [0.25, 0.3) is 11.0 Å². The van der Waals surface area contributed by atoms with Crippen LogP contribution in [0.1, 0.15) is 29.0 Å². The largest absolute Gasteiger partial charge is 0.451 e. The lowest BCUT2D eigenvalue weighted by Gasteiger charge is -2.42. The first kappa shape index (κ1) is 15.9. The Bertz CT molecular complexity index is 793. The van der Waals surface area contributed by atoms with Crippen molar-refractivity contribution in [3.63, 3.8) is 0 Å². The van der Waals surface area contributed by atoms with Gasteiger partial charge in [-0.2, -0.15) is 0 Å². The molecule has 5 nitrogen and oxygen atoms in total. The Morgan fingerprint density at radius 1 is 1.25 bits per heavy atom. The summed E-state index contributed by atoms with van der Waals surface area (Å²) in [6.45, 7) is 4.96. The van der Waals surface area contributed by atoms with Crippen LogP contribution in [0.5, 0.6) is 0 Å². The molecule has 2 saturated heterocycles. The molecule has 4 rings (SSSR count). The Hall–Kier alpha value is -1.56. The van der Waals surface area contributed by atoms with Crippen LogP contribution in [0.3, 0.4) is 0 Å². The molecule has 2 aromatic rings. The molecule has 0 atom stereocenters. The van der Waals surface area contributed by atoms with E-state index in [1.807, 2.05) is 24.0 Å². The van der Waals surface area contributed by atoms with Gasteiger partial charge in [0.2, 0.25) is 0 Å². The number of rotatable bonds is 1. The summed E-state index contributed by atoms with van der Waals surface area (Å²) in [4.78, 5) is 17.3. The number of likely N-dealkylation sites (tertiary alicyclic amines) is 1. The van der Waals surface area contributed by atoms with E-state index in [0.29, 0.717) is 29.5 Å². The quantitative estimate of drug-likeness (QED) is 0.793. The first-order chi connectivity index (χ1) is 11.5. The van der Waals surface area contributed by atoms with Crippen molar-refractivity contribution in [2.24, 2.45) is 0 Å². The fourth-order valence-corrected chi connectivity index (χ4v) is 3.97. The number of hydrogen-bond donors (Lipinski definition) is 0. The number of nitrogens with zero attached hydrogens (tertiary/aromatic N) is 2. The lowest BCUT2D eigenvalue weighted by molar-refractivity contribution is -0.103. The molecule has 2 aliphatic rings. The Morgan fingerprint density at radius 3 is 2.75 bits per heavy atom. The maximum atomic E-state index is 13.2. The van der Waals surface area contributed by atoms with E-state index in [-0.39, 0.29) is 5.91 Å². The molecule has 0 saturated carbocycles. The Morgan fingerprint density at radius 2 is 2.00 bits per heavy atom. The van der Waals surface area contributed by atoms with E-state index < -0.39 is 5.72 Å². The number of ether oxygens (including phenoxy) is 1. The van der Waals surface area contributed by atoms with E-state index >= 15 is 0 Å². The highest BCUT2D eigenvalue weighted by Gasteiger charge is 2.47. The van der Waals surface area contributed by atoms with Crippen molar-refractivity contribution >= 4 is 28.5 Å². The fraction of sp³-hybridized carbons (Fsp3) is 0.500. The zero-order valence-electron chi connectivity index (χ0n) is 14.0. The van der Waals surface area contributed by atoms with Crippen LogP contribution in [-0.2, 0) is 4.74 Å². The summed E-state index contributed by atoms with van der Waals surface area (Å²) in [5.74, 6) is 0.318. The van der Waals surface area contributed by atoms with Crippen molar-refractivity contribution in [1.82, 2.24) is 9.80 Å². The molecule has 3 heterocycles. The Balaban J connectivity index is 1.69. The van der Waals surface area contributed by atoms with Crippen molar-refractivity contribution in [3.8, 4) is 0 Å². The number of amides is 1. The molecule has 128 valence electrons. The van der Waals surface area contributed by atoms with Crippen molar-refractivity contribution in [1.29, 1.82) is 0 Å². The molecule has 1 amide bonds. The van der Waals surface area contributed by atoms with Gasteiger partial charge in [0.1, 0.15) is 11.3 Å². The summed E-state index contributed by atoms with van der Waals surface area (Å²) in [6, 6.07) is 5.43. The van der Waals surface area contributed by atoms with Gasteiger partial charge in [0.05, 0.1) is 6.61 Å². The zero-order valence-corrected chi connectivity index (χ0v) is 14.7. The third-order valence-electron chi connectivity index (χ3n) is 5.28. The normalized spacial score (nSPS) is 21.0. The monoisotopic (exact) mass is 348 g/mol. The molecule has 2 fully saturated rings. The van der Waals surface area contributed by atoms with E-state index in [2.05, 4.69) is 11.9 Å². The molecule has 1 spiro atoms. The molecule has 24 heavy (non-hydrogen) atoms. The highest BCUT2D eigenvalue weighted by atomic mass is 35.5. The average molecular weight is 349 g/mol. The minimum atomic E-state index is -0.480. The first-order valence-electron chi connectivity index (χ1n) is 8.33. The number of fused-ring (bicyclic) bond motifs is 1. The van der Waals surface area contributed by atoms with Gasteiger partial charge < -0.3 is 19.0 Å². The van der Waals surface area contributed by atoms with E-state index in [9.17, 15) is 4.79 Å². The number of benzene rings is 1. The van der Waals surface area contributed by atoms with Crippen LogP contribution < -0.4 is 0 Å². The lowest BCUT2D eigenvalue weighted by atomic mass is 9.98. The molecule has 0 radical (unpaired) electrons. The Labute approximate surface area is 146 Å². The van der Waals surface area contributed by atoms with Gasteiger partial charge in [-0.3, -0.25) is 4.79 Å². The van der Waals surface area contributed by atoms with Gasteiger partial charge >= 0.3 is 0 Å². The molecule has 0 bridgehead atoms. The van der Waals surface area contributed by atoms with Gasteiger partial charge in [0, 0.05) is 48.4 Å². The third kappa shape index (κ3) is 2.42. The third-order valence-corrected chi connectivity index (χ3v) is 5.52. The van der Waals surface area contributed by atoms with Crippen molar-refractivity contribution in [2.45, 2.75) is 25.5 Å². The number of hydrogen-bond acceptors (Lipinski definition) is 4. The highest BCUT2D eigenvalue weighted by molar-refractivity contribution is 6.31. The van der Waals surface area contributed by atoms with Crippen LogP contribution in [-0.4, -0.2) is 54.7 Å². The van der Waals surface area contributed by atoms with Gasteiger partial charge in [-0.05, 0) is 32.2 Å². The van der Waals surface area contributed by atoms with Gasteiger partial charge in [-0.1, -0.05) is 11.6 Å². The number of piperidine rings is 1. The van der Waals surface area contributed by atoms with Crippen molar-refractivity contribution in [2.75, 3.05) is 33.3 Å². The maximum absolute atomic E-state index is 13.2. The molecule has 0 aliphatic carbocycles. The predicted octanol–water partition coefficient (Wildman–Crippen LogP) is 3.29.